The number of hydrogen-bond donors (Lipinski definition) is 2. The highest BCUT2D eigenvalue weighted by atomic mass is 19.1. The molecule has 108 valence electrons. The van der Waals surface area contributed by atoms with Crippen LogP contribution in [0.2, 0.25) is 0 Å². The molecule has 3 N–H and O–H groups in total. The number of carbonyl (C=O) groups excluding carboxylic acids is 1. The lowest BCUT2D eigenvalue weighted by Crippen LogP contribution is -2.20. The first-order valence-electron chi connectivity index (χ1n) is 7.44. The van der Waals surface area contributed by atoms with Crippen LogP contribution >= 0.6 is 0 Å². The predicted octanol–water partition coefficient (Wildman–Crippen LogP) is 3.05. The molecule has 3 rings (SSSR count). The van der Waals surface area contributed by atoms with E-state index in [1.807, 2.05) is 0 Å². The topological polar surface area (TPSA) is 55.1 Å². The summed E-state index contributed by atoms with van der Waals surface area (Å²) in [5.74, 6) is 1.87. The molecule has 1 amide bonds. The third-order valence-corrected chi connectivity index (χ3v) is 4.88. The van der Waals surface area contributed by atoms with Crippen molar-refractivity contribution in [1.82, 2.24) is 0 Å². The van der Waals surface area contributed by atoms with E-state index in [0.29, 0.717) is 23.6 Å². The van der Waals surface area contributed by atoms with Gasteiger partial charge < -0.3 is 11.1 Å². The van der Waals surface area contributed by atoms with E-state index in [1.165, 1.54) is 31.7 Å². The molecule has 0 heterocycles. The lowest BCUT2D eigenvalue weighted by molar-refractivity contribution is -0.117. The molecule has 3 unspecified atom stereocenters. The van der Waals surface area contributed by atoms with Crippen molar-refractivity contribution in [3.63, 3.8) is 0 Å². The summed E-state index contributed by atoms with van der Waals surface area (Å²) in [6, 6.07) is 4.57. The fraction of sp³-hybridized carbons (Fsp3) is 0.562. The first kappa shape index (κ1) is 13.6. The van der Waals surface area contributed by atoms with Crippen LogP contribution in [0.1, 0.15) is 37.7 Å². The second-order valence-corrected chi connectivity index (χ2v) is 6.20. The van der Waals surface area contributed by atoms with Gasteiger partial charge in [0, 0.05) is 24.2 Å². The number of amides is 1. The zero-order chi connectivity index (χ0) is 14.1. The van der Waals surface area contributed by atoms with Crippen LogP contribution in [0.3, 0.4) is 0 Å². The molecule has 2 aliphatic carbocycles. The van der Waals surface area contributed by atoms with Gasteiger partial charge in [0.25, 0.3) is 0 Å². The molecule has 3 nitrogen and oxygen atoms in total. The zero-order valence-corrected chi connectivity index (χ0v) is 11.6. The van der Waals surface area contributed by atoms with Gasteiger partial charge in [0.1, 0.15) is 5.82 Å². The van der Waals surface area contributed by atoms with Crippen LogP contribution in [0.25, 0.3) is 0 Å². The van der Waals surface area contributed by atoms with Gasteiger partial charge in [-0.05, 0) is 55.2 Å². The highest BCUT2D eigenvalue weighted by molar-refractivity contribution is 5.91. The average Bonchev–Trinajstić information content (AvgIpc) is 3.03. The van der Waals surface area contributed by atoms with Gasteiger partial charge in [0.2, 0.25) is 5.91 Å². The SMILES string of the molecule is NCc1cc(NC(=O)CC2CC3CCC2C3)ccc1F. The second-order valence-electron chi connectivity index (χ2n) is 6.20. The minimum absolute atomic E-state index is 0.0390. The molecule has 1 aromatic rings. The number of fused-ring (bicyclic) bond motifs is 2. The number of nitrogens with one attached hydrogen (secondary N) is 1. The standard InChI is InChI=1S/C16H21FN2O/c17-15-4-3-14(7-13(15)9-18)19-16(20)8-12-6-10-1-2-11(12)5-10/h3-4,7,10-12H,1-2,5-6,8-9,18H2,(H,19,20). The molecular weight excluding hydrogens is 255 g/mol. The summed E-state index contributed by atoms with van der Waals surface area (Å²) in [6.45, 7) is 0.141. The van der Waals surface area contributed by atoms with E-state index in [-0.39, 0.29) is 18.3 Å². The Labute approximate surface area is 118 Å². The molecule has 2 saturated carbocycles. The Hall–Kier alpha value is -1.42. The van der Waals surface area contributed by atoms with E-state index < -0.39 is 0 Å². The van der Waals surface area contributed by atoms with Crippen molar-refractivity contribution < 1.29 is 9.18 Å². The lowest BCUT2D eigenvalue weighted by atomic mass is 9.86. The summed E-state index contributed by atoms with van der Waals surface area (Å²) >= 11 is 0. The lowest BCUT2D eigenvalue weighted by Gasteiger charge is -2.21. The van der Waals surface area contributed by atoms with Crippen LogP contribution < -0.4 is 11.1 Å². The molecule has 3 atom stereocenters. The molecule has 1 aromatic carbocycles. The Kier molecular flexibility index (Phi) is 3.74. The smallest absolute Gasteiger partial charge is 0.224 e. The van der Waals surface area contributed by atoms with Gasteiger partial charge in [0.05, 0.1) is 0 Å². The Bertz CT molecular complexity index is 517. The van der Waals surface area contributed by atoms with Crippen molar-refractivity contribution in [2.45, 2.75) is 38.6 Å². The summed E-state index contributed by atoms with van der Waals surface area (Å²) in [7, 11) is 0. The maximum Gasteiger partial charge on any atom is 0.224 e. The molecule has 20 heavy (non-hydrogen) atoms. The van der Waals surface area contributed by atoms with Gasteiger partial charge in [-0.15, -0.1) is 0 Å². The van der Waals surface area contributed by atoms with Crippen molar-refractivity contribution in [3.8, 4) is 0 Å². The van der Waals surface area contributed by atoms with Crippen molar-refractivity contribution in [3.05, 3.63) is 29.6 Å². The highest BCUT2D eigenvalue weighted by Gasteiger charge is 2.40. The van der Waals surface area contributed by atoms with Gasteiger partial charge in [0.15, 0.2) is 0 Å². The second kappa shape index (κ2) is 5.52. The van der Waals surface area contributed by atoms with Crippen molar-refractivity contribution >= 4 is 11.6 Å². The van der Waals surface area contributed by atoms with Crippen LogP contribution in [-0.2, 0) is 11.3 Å². The maximum atomic E-state index is 13.3. The number of nitrogens with two attached hydrogens (primary N) is 1. The third-order valence-electron chi connectivity index (χ3n) is 4.88. The van der Waals surface area contributed by atoms with Gasteiger partial charge in [-0.25, -0.2) is 4.39 Å². The molecule has 0 spiro atoms. The van der Waals surface area contributed by atoms with Crippen LogP contribution in [0.15, 0.2) is 18.2 Å². The first-order valence-corrected chi connectivity index (χ1v) is 7.44. The largest absolute Gasteiger partial charge is 0.326 e. The molecule has 0 aromatic heterocycles. The Morgan fingerprint density at radius 1 is 1.35 bits per heavy atom. The van der Waals surface area contributed by atoms with Gasteiger partial charge in [-0.3, -0.25) is 4.79 Å². The van der Waals surface area contributed by atoms with Gasteiger partial charge >= 0.3 is 0 Å². The Balaban J connectivity index is 1.59. The summed E-state index contributed by atoms with van der Waals surface area (Å²) in [5.41, 5.74) is 6.54. The number of hydrogen-bond acceptors (Lipinski definition) is 2. The van der Waals surface area contributed by atoms with Crippen LogP contribution in [0.5, 0.6) is 0 Å². The molecule has 2 fully saturated rings. The minimum Gasteiger partial charge on any atom is -0.326 e. The van der Waals surface area contributed by atoms with E-state index in [9.17, 15) is 9.18 Å². The Morgan fingerprint density at radius 3 is 2.85 bits per heavy atom. The van der Waals surface area contributed by atoms with E-state index in [0.717, 1.165) is 11.8 Å². The first-order chi connectivity index (χ1) is 9.65. The summed E-state index contributed by atoms with van der Waals surface area (Å²) in [6.07, 6.45) is 5.75. The molecular formula is C16H21FN2O. The number of benzene rings is 1. The average molecular weight is 276 g/mol. The highest BCUT2D eigenvalue weighted by Crippen LogP contribution is 2.49. The molecule has 0 radical (unpaired) electrons. The van der Waals surface area contributed by atoms with E-state index in [2.05, 4.69) is 5.32 Å². The predicted molar refractivity (Wildman–Crippen MR) is 76.5 cm³/mol. The third kappa shape index (κ3) is 2.70. The molecule has 2 bridgehead atoms. The van der Waals surface area contributed by atoms with Crippen molar-refractivity contribution in [2.24, 2.45) is 23.5 Å². The van der Waals surface area contributed by atoms with Crippen molar-refractivity contribution in [2.75, 3.05) is 5.32 Å². The monoisotopic (exact) mass is 276 g/mol. The summed E-state index contributed by atoms with van der Waals surface area (Å²) in [4.78, 5) is 12.1. The molecule has 4 heteroatoms. The van der Waals surface area contributed by atoms with Crippen molar-refractivity contribution in [1.29, 1.82) is 0 Å². The minimum atomic E-state index is -0.321. The summed E-state index contributed by atoms with van der Waals surface area (Å²) < 4.78 is 13.3. The van der Waals surface area contributed by atoms with Crippen LogP contribution in [0.4, 0.5) is 10.1 Å². The van der Waals surface area contributed by atoms with Crippen LogP contribution in [-0.4, -0.2) is 5.91 Å². The van der Waals surface area contributed by atoms with Gasteiger partial charge in [-0.1, -0.05) is 6.42 Å². The normalized spacial score (nSPS) is 27.8. The van der Waals surface area contributed by atoms with Gasteiger partial charge in [-0.2, -0.15) is 0 Å². The Morgan fingerprint density at radius 2 is 2.20 bits per heavy atom. The summed E-state index contributed by atoms with van der Waals surface area (Å²) in [5, 5.41) is 2.87. The molecule has 0 saturated heterocycles. The zero-order valence-electron chi connectivity index (χ0n) is 11.6. The number of rotatable bonds is 4. The number of halogens is 1. The molecule has 0 aliphatic heterocycles. The number of carbonyl (C=O) groups is 1. The van der Waals surface area contributed by atoms with Crippen LogP contribution in [0, 0.1) is 23.6 Å². The fourth-order valence-electron chi connectivity index (χ4n) is 3.89. The van der Waals surface area contributed by atoms with E-state index in [4.69, 9.17) is 5.73 Å². The fourth-order valence-corrected chi connectivity index (χ4v) is 3.89. The number of anilines is 1. The van der Waals surface area contributed by atoms with E-state index >= 15 is 0 Å². The molecule has 2 aliphatic rings. The van der Waals surface area contributed by atoms with E-state index in [1.54, 1.807) is 12.1 Å². The quantitative estimate of drug-likeness (QED) is 0.888. The maximum absolute atomic E-state index is 13.3.